The van der Waals surface area contributed by atoms with Crippen LogP contribution in [0, 0.1) is 0 Å². The third-order valence-electron chi connectivity index (χ3n) is 3.44. The summed E-state index contributed by atoms with van der Waals surface area (Å²) in [6, 6.07) is 7.56. The standard InChI is InChI=1S/C15H18N4O3/c1-18(2)15-16-13(22-17-15)7-8-14(20)19-9-10-21-12-6-4-3-5-11(12)19/h3-6H,7-10H2,1-2H3. The molecule has 0 N–H and O–H groups in total. The SMILES string of the molecule is CN(C)c1noc(CCC(=O)N2CCOc3ccccc32)n1. The maximum Gasteiger partial charge on any atom is 0.265 e. The topological polar surface area (TPSA) is 71.7 Å². The van der Waals surface area contributed by atoms with Crippen LogP contribution in [0.3, 0.4) is 0 Å². The zero-order valence-electron chi connectivity index (χ0n) is 12.7. The summed E-state index contributed by atoms with van der Waals surface area (Å²) in [6.07, 6.45) is 0.753. The Morgan fingerprint density at radius 2 is 2.18 bits per heavy atom. The van der Waals surface area contributed by atoms with Gasteiger partial charge in [-0.2, -0.15) is 4.98 Å². The van der Waals surface area contributed by atoms with E-state index in [1.165, 1.54) is 0 Å². The van der Waals surface area contributed by atoms with Gasteiger partial charge >= 0.3 is 0 Å². The Bertz CT molecular complexity index is 668. The molecule has 0 saturated heterocycles. The highest BCUT2D eigenvalue weighted by Crippen LogP contribution is 2.31. The molecule has 7 heteroatoms. The van der Waals surface area contributed by atoms with Gasteiger partial charge in [-0.15, -0.1) is 0 Å². The molecule has 1 aliphatic rings. The van der Waals surface area contributed by atoms with Crippen molar-refractivity contribution >= 4 is 17.5 Å². The highest BCUT2D eigenvalue weighted by atomic mass is 16.5. The van der Waals surface area contributed by atoms with Gasteiger partial charge in [-0.25, -0.2) is 0 Å². The summed E-state index contributed by atoms with van der Waals surface area (Å²) in [4.78, 5) is 20.2. The summed E-state index contributed by atoms with van der Waals surface area (Å²) in [5, 5.41) is 3.84. The molecule has 0 unspecified atom stereocenters. The third-order valence-corrected chi connectivity index (χ3v) is 3.44. The van der Waals surface area contributed by atoms with Gasteiger partial charge in [0.1, 0.15) is 12.4 Å². The molecule has 3 rings (SSSR count). The molecule has 0 radical (unpaired) electrons. The van der Waals surface area contributed by atoms with Gasteiger partial charge in [0.2, 0.25) is 11.8 Å². The van der Waals surface area contributed by atoms with Crippen LogP contribution in [-0.2, 0) is 11.2 Å². The number of hydrogen-bond donors (Lipinski definition) is 0. The lowest BCUT2D eigenvalue weighted by Crippen LogP contribution is -2.38. The lowest BCUT2D eigenvalue weighted by Gasteiger charge is -2.29. The number of anilines is 2. The Balaban J connectivity index is 1.65. The van der Waals surface area contributed by atoms with Crippen LogP contribution in [0.2, 0.25) is 0 Å². The van der Waals surface area contributed by atoms with Crippen molar-refractivity contribution in [3.8, 4) is 5.75 Å². The van der Waals surface area contributed by atoms with E-state index in [2.05, 4.69) is 10.1 Å². The van der Waals surface area contributed by atoms with Crippen molar-refractivity contribution in [3.63, 3.8) is 0 Å². The van der Waals surface area contributed by atoms with Crippen LogP contribution < -0.4 is 14.5 Å². The third kappa shape index (κ3) is 2.88. The van der Waals surface area contributed by atoms with E-state index in [1.54, 1.807) is 9.80 Å². The summed E-state index contributed by atoms with van der Waals surface area (Å²) in [5.41, 5.74) is 0.818. The number of carbonyl (C=O) groups excluding carboxylic acids is 1. The molecule has 2 aromatic rings. The van der Waals surface area contributed by atoms with Crippen LogP contribution in [0.25, 0.3) is 0 Å². The van der Waals surface area contributed by atoms with E-state index in [0.717, 1.165) is 11.4 Å². The number of amides is 1. The fourth-order valence-corrected chi connectivity index (χ4v) is 2.31. The summed E-state index contributed by atoms with van der Waals surface area (Å²) in [6.45, 7) is 1.07. The monoisotopic (exact) mass is 302 g/mol. The minimum atomic E-state index is 0.0281. The van der Waals surface area contributed by atoms with E-state index in [-0.39, 0.29) is 5.91 Å². The number of aromatic nitrogens is 2. The Labute approximate surface area is 128 Å². The number of aryl methyl sites for hydroxylation is 1. The van der Waals surface area contributed by atoms with Gasteiger partial charge in [0, 0.05) is 26.9 Å². The second-order valence-corrected chi connectivity index (χ2v) is 5.24. The van der Waals surface area contributed by atoms with E-state index in [1.807, 2.05) is 38.4 Å². The predicted molar refractivity (Wildman–Crippen MR) is 81.2 cm³/mol. The van der Waals surface area contributed by atoms with Crippen molar-refractivity contribution in [2.75, 3.05) is 37.0 Å². The number of ether oxygens (including phenoxy) is 1. The molecule has 2 heterocycles. The average Bonchev–Trinajstić information content (AvgIpc) is 3.01. The maximum absolute atomic E-state index is 12.4. The van der Waals surface area contributed by atoms with Crippen LogP contribution in [0.4, 0.5) is 11.6 Å². The average molecular weight is 302 g/mol. The molecule has 1 amide bonds. The van der Waals surface area contributed by atoms with E-state index < -0.39 is 0 Å². The number of fused-ring (bicyclic) bond motifs is 1. The molecule has 0 spiro atoms. The fraction of sp³-hybridized carbons (Fsp3) is 0.400. The lowest BCUT2D eigenvalue weighted by atomic mass is 10.2. The van der Waals surface area contributed by atoms with Gasteiger partial charge in [-0.05, 0) is 17.3 Å². The summed E-state index contributed by atoms with van der Waals surface area (Å²) in [7, 11) is 3.68. The van der Waals surface area contributed by atoms with E-state index >= 15 is 0 Å². The molecule has 0 fully saturated rings. The molecule has 0 aliphatic carbocycles. The highest BCUT2D eigenvalue weighted by Gasteiger charge is 2.23. The first-order valence-electron chi connectivity index (χ1n) is 7.17. The number of para-hydroxylation sites is 2. The van der Waals surface area contributed by atoms with Crippen molar-refractivity contribution in [1.29, 1.82) is 0 Å². The summed E-state index contributed by atoms with van der Waals surface area (Å²) in [5.74, 6) is 1.76. The zero-order valence-corrected chi connectivity index (χ0v) is 12.7. The molecular formula is C15H18N4O3. The van der Waals surface area contributed by atoms with Gasteiger partial charge in [-0.1, -0.05) is 12.1 Å². The molecular weight excluding hydrogens is 284 g/mol. The summed E-state index contributed by atoms with van der Waals surface area (Å²) < 4.78 is 10.7. The quantitative estimate of drug-likeness (QED) is 0.852. The van der Waals surface area contributed by atoms with Crippen molar-refractivity contribution in [2.24, 2.45) is 0 Å². The summed E-state index contributed by atoms with van der Waals surface area (Å²) >= 11 is 0. The molecule has 1 aromatic heterocycles. The Hall–Kier alpha value is -2.57. The number of hydrogen-bond acceptors (Lipinski definition) is 6. The Morgan fingerprint density at radius 1 is 1.36 bits per heavy atom. The molecule has 0 atom stereocenters. The second-order valence-electron chi connectivity index (χ2n) is 5.24. The van der Waals surface area contributed by atoms with Gasteiger partial charge in [0.15, 0.2) is 0 Å². The van der Waals surface area contributed by atoms with Crippen molar-refractivity contribution in [3.05, 3.63) is 30.2 Å². The minimum absolute atomic E-state index is 0.0281. The van der Waals surface area contributed by atoms with Crippen molar-refractivity contribution < 1.29 is 14.1 Å². The largest absolute Gasteiger partial charge is 0.490 e. The molecule has 7 nitrogen and oxygen atoms in total. The number of rotatable bonds is 4. The zero-order chi connectivity index (χ0) is 15.5. The maximum atomic E-state index is 12.4. The van der Waals surface area contributed by atoms with Crippen LogP contribution in [0.5, 0.6) is 5.75 Å². The van der Waals surface area contributed by atoms with Crippen LogP contribution in [0.15, 0.2) is 28.8 Å². The molecule has 1 aliphatic heterocycles. The van der Waals surface area contributed by atoms with Gasteiger partial charge < -0.3 is 19.1 Å². The van der Waals surface area contributed by atoms with Gasteiger partial charge in [0.25, 0.3) is 5.95 Å². The van der Waals surface area contributed by atoms with Crippen molar-refractivity contribution in [2.45, 2.75) is 12.8 Å². The first kappa shape index (κ1) is 14.4. The van der Waals surface area contributed by atoms with E-state index in [9.17, 15) is 4.79 Å². The predicted octanol–water partition coefficient (Wildman–Crippen LogP) is 1.49. The number of benzene rings is 1. The fourth-order valence-electron chi connectivity index (χ4n) is 2.31. The highest BCUT2D eigenvalue weighted by molar-refractivity contribution is 5.95. The Morgan fingerprint density at radius 3 is 2.95 bits per heavy atom. The minimum Gasteiger partial charge on any atom is -0.490 e. The van der Waals surface area contributed by atoms with Crippen LogP contribution in [0.1, 0.15) is 12.3 Å². The molecule has 116 valence electrons. The Kier molecular flexibility index (Phi) is 3.95. The van der Waals surface area contributed by atoms with Crippen LogP contribution in [-0.4, -0.2) is 43.3 Å². The normalized spacial score (nSPS) is 13.5. The first-order chi connectivity index (χ1) is 10.6. The molecule has 22 heavy (non-hydrogen) atoms. The second kappa shape index (κ2) is 6.05. The van der Waals surface area contributed by atoms with Crippen molar-refractivity contribution in [1.82, 2.24) is 10.1 Å². The first-order valence-corrected chi connectivity index (χ1v) is 7.17. The van der Waals surface area contributed by atoms with Crippen LogP contribution >= 0.6 is 0 Å². The number of carbonyl (C=O) groups is 1. The molecule has 0 saturated carbocycles. The van der Waals surface area contributed by atoms with E-state index in [4.69, 9.17) is 9.26 Å². The molecule has 1 aromatic carbocycles. The lowest BCUT2D eigenvalue weighted by molar-refractivity contribution is -0.118. The van der Waals surface area contributed by atoms with Gasteiger partial charge in [0.05, 0.1) is 12.2 Å². The van der Waals surface area contributed by atoms with Gasteiger partial charge in [-0.3, -0.25) is 4.79 Å². The van der Waals surface area contributed by atoms with E-state index in [0.29, 0.717) is 37.8 Å². The smallest absolute Gasteiger partial charge is 0.265 e. The number of nitrogens with zero attached hydrogens (tertiary/aromatic N) is 4. The molecule has 0 bridgehead atoms.